The van der Waals surface area contributed by atoms with Crippen molar-refractivity contribution in [2.24, 2.45) is 5.73 Å². The maximum absolute atomic E-state index is 5.95. The third kappa shape index (κ3) is 2.89. The van der Waals surface area contributed by atoms with Crippen molar-refractivity contribution < 1.29 is 0 Å². The minimum absolute atomic E-state index is 0.390. The number of hydrogen-bond donors (Lipinski definition) is 1. The summed E-state index contributed by atoms with van der Waals surface area (Å²) >= 11 is 7.61. The quantitative estimate of drug-likeness (QED) is 0.847. The highest BCUT2D eigenvalue weighted by molar-refractivity contribution is 7.12. The Hall–Kier alpha value is -1.28. The van der Waals surface area contributed by atoms with Crippen molar-refractivity contribution in [2.45, 2.75) is 13.5 Å². The lowest BCUT2D eigenvalue weighted by Crippen LogP contribution is -2.01. The molecule has 0 bridgehead atoms. The van der Waals surface area contributed by atoms with Crippen molar-refractivity contribution in [1.29, 1.82) is 0 Å². The maximum Gasteiger partial charge on any atom is 0.0815 e. The van der Waals surface area contributed by atoms with Crippen LogP contribution in [0.5, 0.6) is 0 Å². The first-order valence-electron chi connectivity index (χ1n) is 5.16. The van der Waals surface area contributed by atoms with Gasteiger partial charge < -0.3 is 5.73 Å². The van der Waals surface area contributed by atoms with Gasteiger partial charge in [0.15, 0.2) is 0 Å². The molecule has 2 aromatic rings. The number of nitrogens with two attached hydrogens (primary N) is 1. The summed E-state index contributed by atoms with van der Waals surface area (Å²) in [7, 11) is 0. The van der Waals surface area contributed by atoms with E-state index in [9.17, 15) is 0 Å². The molecule has 0 spiro atoms. The molecular weight excluding hydrogens is 254 g/mol. The van der Waals surface area contributed by atoms with Gasteiger partial charge in [-0.2, -0.15) is 5.10 Å². The van der Waals surface area contributed by atoms with Gasteiger partial charge in [0.05, 0.1) is 34.9 Å². The van der Waals surface area contributed by atoms with Crippen molar-refractivity contribution in [3.05, 3.63) is 38.8 Å². The second-order valence-electron chi connectivity index (χ2n) is 3.51. The summed E-state index contributed by atoms with van der Waals surface area (Å²) < 4.78 is 1.88. The molecule has 0 saturated heterocycles. The van der Waals surface area contributed by atoms with Crippen molar-refractivity contribution in [2.75, 3.05) is 6.54 Å². The summed E-state index contributed by atoms with van der Waals surface area (Å²) in [5.74, 6) is 5.86. The van der Waals surface area contributed by atoms with Gasteiger partial charge in [0.2, 0.25) is 0 Å². The normalized spacial score (nSPS) is 10.1. The summed E-state index contributed by atoms with van der Waals surface area (Å²) in [6.07, 6.45) is 1.67. The Bertz CT molecular complexity index is 574. The Balaban J connectivity index is 2.14. The third-order valence-electron chi connectivity index (χ3n) is 2.32. The summed E-state index contributed by atoms with van der Waals surface area (Å²) in [6, 6.07) is 4.06. The zero-order valence-electron chi connectivity index (χ0n) is 9.40. The average Bonchev–Trinajstić information content (AvgIpc) is 2.89. The van der Waals surface area contributed by atoms with E-state index in [1.165, 1.54) is 4.88 Å². The largest absolute Gasteiger partial charge is 0.320 e. The van der Waals surface area contributed by atoms with E-state index in [2.05, 4.69) is 23.0 Å². The predicted octanol–water partition coefficient (Wildman–Crippen LogP) is 2.26. The van der Waals surface area contributed by atoms with Crippen LogP contribution in [0.4, 0.5) is 0 Å². The Kier molecular flexibility index (Phi) is 3.85. The molecule has 0 aliphatic heterocycles. The minimum Gasteiger partial charge on any atom is -0.320 e. The number of thiophene rings is 1. The van der Waals surface area contributed by atoms with Crippen LogP contribution in [0.3, 0.4) is 0 Å². The highest BCUT2D eigenvalue weighted by atomic mass is 35.5. The average molecular weight is 266 g/mol. The molecule has 0 aromatic carbocycles. The maximum atomic E-state index is 5.95. The van der Waals surface area contributed by atoms with E-state index >= 15 is 0 Å². The molecule has 17 heavy (non-hydrogen) atoms. The molecule has 2 rings (SSSR count). The van der Waals surface area contributed by atoms with E-state index in [-0.39, 0.29) is 0 Å². The molecule has 0 amide bonds. The first kappa shape index (κ1) is 12.2. The van der Waals surface area contributed by atoms with Crippen LogP contribution in [-0.4, -0.2) is 16.3 Å². The lowest BCUT2D eigenvalue weighted by Gasteiger charge is -2.01. The van der Waals surface area contributed by atoms with Gasteiger partial charge >= 0.3 is 0 Å². The molecule has 0 saturated carbocycles. The number of hydrogen-bond acceptors (Lipinski definition) is 3. The van der Waals surface area contributed by atoms with Crippen LogP contribution in [0.2, 0.25) is 5.02 Å². The zero-order valence-corrected chi connectivity index (χ0v) is 11.0. The van der Waals surface area contributed by atoms with Crippen molar-refractivity contribution >= 4 is 22.9 Å². The Morgan fingerprint density at radius 3 is 3.00 bits per heavy atom. The molecule has 0 atom stereocenters. The van der Waals surface area contributed by atoms with Crippen LogP contribution in [0.15, 0.2) is 18.3 Å². The first-order chi connectivity index (χ1) is 8.20. The second-order valence-corrected chi connectivity index (χ2v) is 5.08. The molecule has 88 valence electrons. The summed E-state index contributed by atoms with van der Waals surface area (Å²) in [6.45, 7) is 3.08. The van der Waals surface area contributed by atoms with Crippen LogP contribution in [0.1, 0.15) is 15.4 Å². The Labute approximate surface area is 109 Å². The Morgan fingerprint density at radius 1 is 1.53 bits per heavy atom. The highest BCUT2D eigenvalue weighted by Gasteiger charge is 2.05. The van der Waals surface area contributed by atoms with E-state index in [0.29, 0.717) is 11.6 Å². The molecule has 0 aliphatic rings. The van der Waals surface area contributed by atoms with Gasteiger partial charge in [0, 0.05) is 4.88 Å². The van der Waals surface area contributed by atoms with Crippen LogP contribution in [0, 0.1) is 18.8 Å². The summed E-state index contributed by atoms with van der Waals surface area (Å²) in [4.78, 5) is 2.23. The van der Waals surface area contributed by atoms with Gasteiger partial charge in [-0.3, -0.25) is 4.68 Å². The van der Waals surface area contributed by atoms with Crippen LogP contribution in [0.25, 0.3) is 0 Å². The molecule has 5 heteroatoms. The van der Waals surface area contributed by atoms with Gasteiger partial charge in [-0.1, -0.05) is 23.4 Å². The molecule has 0 radical (unpaired) electrons. The lowest BCUT2D eigenvalue weighted by atomic mass is 10.4. The van der Waals surface area contributed by atoms with Crippen molar-refractivity contribution in [3.63, 3.8) is 0 Å². The summed E-state index contributed by atoms with van der Waals surface area (Å²) in [5.41, 5.74) is 6.31. The van der Waals surface area contributed by atoms with E-state index in [1.807, 2.05) is 17.7 Å². The lowest BCUT2D eigenvalue weighted by molar-refractivity contribution is 0.672. The minimum atomic E-state index is 0.390. The molecule has 0 unspecified atom stereocenters. The molecule has 2 aromatic heterocycles. The number of halogens is 1. The standard InChI is InChI=1S/C12H12ClN3S/c1-9-12(13)7-15-16(9)8-11-5-4-10(17-11)3-2-6-14/h4-5,7H,6,8,14H2,1H3. The topological polar surface area (TPSA) is 43.8 Å². The molecular formula is C12H12ClN3S. The number of rotatable bonds is 2. The van der Waals surface area contributed by atoms with Gasteiger partial charge in [0.1, 0.15) is 0 Å². The summed E-state index contributed by atoms with van der Waals surface area (Å²) in [5, 5.41) is 4.92. The molecule has 0 aliphatic carbocycles. The molecule has 3 nitrogen and oxygen atoms in total. The fourth-order valence-electron chi connectivity index (χ4n) is 1.40. The van der Waals surface area contributed by atoms with Crippen LogP contribution >= 0.6 is 22.9 Å². The van der Waals surface area contributed by atoms with Crippen LogP contribution < -0.4 is 5.73 Å². The Morgan fingerprint density at radius 2 is 2.35 bits per heavy atom. The molecule has 2 heterocycles. The van der Waals surface area contributed by atoms with Gasteiger partial charge in [-0.25, -0.2) is 0 Å². The SMILES string of the molecule is Cc1c(Cl)cnn1Cc1ccc(C#CCN)s1. The third-order valence-corrected chi connectivity index (χ3v) is 3.68. The van der Waals surface area contributed by atoms with E-state index in [0.717, 1.165) is 17.1 Å². The van der Waals surface area contributed by atoms with E-state index in [1.54, 1.807) is 17.5 Å². The predicted molar refractivity (Wildman–Crippen MR) is 71.3 cm³/mol. The fourth-order valence-corrected chi connectivity index (χ4v) is 2.40. The van der Waals surface area contributed by atoms with E-state index in [4.69, 9.17) is 17.3 Å². The van der Waals surface area contributed by atoms with Crippen LogP contribution in [-0.2, 0) is 6.54 Å². The van der Waals surface area contributed by atoms with Gasteiger partial charge in [-0.05, 0) is 19.1 Å². The second kappa shape index (κ2) is 5.37. The monoisotopic (exact) mass is 265 g/mol. The van der Waals surface area contributed by atoms with Gasteiger partial charge in [-0.15, -0.1) is 11.3 Å². The first-order valence-corrected chi connectivity index (χ1v) is 6.35. The number of nitrogens with zero attached hydrogens (tertiary/aromatic N) is 2. The fraction of sp³-hybridized carbons (Fsp3) is 0.250. The van der Waals surface area contributed by atoms with Crippen molar-refractivity contribution in [3.8, 4) is 11.8 Å². The highest BCUT2D eigenvalue weighted by Crippen LogP contribution is 2.19. The van der Waals surface area contributed by atoms with Crippen molar-refractivity contribution in [1.82, 2.24) is 9.78 Å². The molecule has 2 N–H and O–H groups in total. The smallest absolute Gasteiger partial charge is 0.0815 e. The number of aromatic nitrogens is 2. The zero-order chi connectivity index (χ0) is 12.3. The van der Waals surface area contributed by atoms with E-state index < -0.39 is 0 Å². The molecule has 0 fully saturated rings. The van der Waals surface area contributed by atoms with Gasteiger partial charge in [0.25, 0.3) is 0 Å².